The molecule has 0 aliphatic carbocycles. The monoisotopic (exact) mass is 224 g/mol. The van der Waals surface area contributed by atoms with Gasteiger partial charge in [0, 0.05) is 19.6 Å². The van der Waals surface area contributed by atoms with Crippen molar-refractivity contribution in [1.82, 2.24) is 10.2 Å². The average Bonchev–Trinajstić information content (AvgIpc) is 2.33. The van der Waals surface area contributed by atoms with Crippen LogP contribution in [0.4, 0.5) is 0 Å². The van der Waals surface area contributed by atoms with Crippen LogP contribution in [0.15, 0.2) is 0 Å². The van der Waals surface area contributed by atoms with Crippen LogP contribution in [0.1, 0.15) is 33.1 Å². The van der Waals surface area contributed by atoms with Crippen LogP contribution in [0.3, 0.4) is 0 Å². The lowest BCUT2D eigenvalue weighted by Gasteiger charge is -2.37. The number of nitrogens with zero attached hydrogens (tertiary/aromatic N) is 1. The maximum atomic E-state index is 12.3. The second-order valence-electron chi connectivity index (χ2n) is 5.57. The molecule has 0 bridgehead atoms. The Bertz CT molecular complexity index is 248. The van der Waals surface area contributed by atoms with Crippen LogP contribution in [0.25, 0.3) is 0 Å². The highest BCUT2D eigenvalue weighted by molar-refractivity contribution is 5.79. The normalized spacial score (nSPS) is 36.1. The maximum Gasteiger partial charge on any atom is 0.226 e. The van der Waals surface area contributed by atoms with Gasteiger partial charge in [0.25, 0.3) is 0 Å². The summed E-state index contributed by atoms with van der Waals surface area (Å²) in [7, 11) is 0. The van der Waals surface area contributed by atoms with Crippen molar-refractivity contribution < 1.29 is 4.79 Å². The largest absolute Gasteiger partial charge is 0.342 e. The second-order valence-corrected chi connectivity index (χ2v) is 5.57. The van der Waals surface area contributed by atoms with Gasteiger partial charge in [0.15, 0.2) is 0 Å². The quantitative estimate of drug-likeness (QED) is 0.732. The number of hydrogen-bond donors (Lipinski definition) is 1. The fraction of sp³-hybridized carbons (Fsp3) is 0.923. The van der Waals surface area contributed by atoms with Gasteiger partial charge in [-0.3, -0.25) is 4.79 Å². The molecule has 2 rings (SSSR count). The molecule has 2 fully saturated rings. The lowest BCUT2D eigenvalue weighted by Crippen LogP contribution is -2.48. The van der Waals surface area contributed by atoms with Gasteiger partial charge in [-0.1, -0.05) is 13.8 Å². The minimum Gasteiger partial charge on any atom is -0.342 e. The van der Waals surface area contributed by atoms with E-state index in [0.29, 0.717) is 11.8 Å². The van der Waals surface area contributed by atoms with Crippen LogP contribution in [0.5, 0.6) is 0 Å². The highest BCUT2D eigenvalue weighted by Crippen LogP contribution is 2.24. The number of carbonyl (C=O) groups is 1. The van der Waals surface area contributed by atoms with E-state index in [-0.39, 0.29) is 5.92 Å². The van der Waals surface area contributed by atoms with Gasteiger partial charge in [-0.15, -0.1) is 0 Å². The summed E-state index contributed by atoms with van der Waals surface area (Å²) in [5.74, 6) is 2.07. The Labute approximate surface area is 98.6 Å². The summed E-state index contributed by atoms with van der Waals surface area (Å²) in [5.41, 5.74) is 0. The molecule has 1 N–H and O–H groups in total. The van der Waals surface area contributed by atoms with Gasteiger partial charge in [0.1, 0.15) is 0 Å². The first kappa shape index (κ1) is 11.9. The molecule has 16 heavy (non-hydrogen) atoms. The van der Waals surface area contributed by atoms with E-state index in [4.69, 9.17) is 0 Å². The van der Waals surface area contributed by atoms with Gasteiger partial charge in [0.2, 0.25) is 5.91 Å². The van der Waals surface area contributed by atoms with Gasteiger partial charge >= 0.3 is 0 Å². The van der Waals surface area contributed by atoms with Crippen molar-refractivity contribution in [3.05, 3.63) is 0 Å². The zero-order valence-electron chi connectivity index (χ0n) is 10.5. The Morgan fingerprint density at radius 2 is 2.06 bits per heavy atom. The Morgan fingerprint density at radius 1 is 1.25 bits per heavy atom. The summed E-state index contributed by atoms with van der Waals surface area (Å²) in [4.78, 5) is 14.4. The van der Waals surface area contributed by atoms with Crippen LogP contribution in [-0.4, -0.2) is 37.0 Å². The topological polar surface area (TPSA) is 32.3 Å². The third-order valence-corrected chi connectivity index (χ3v) is 4.29. The highest BCUT2D eigenvalue weighted by Gasteiger charge is 2.30. The lowest BCUT2D eigenvalue weighted by atomic mass is 9.87. The third kappa shape index (κ3) is 2.57. The first-order chi connectivity index (χ1) is 7.68. The van der Waals surface area contributed by atoms with E-state index >= 15 is 0 Å². The Kier molecular flexibility index (Phi) is 3.85. The molecule has 3 nitrogen and oxygen atoms in total. The smallest absolute Gasteiger partial charge is 0.226 e. The molecule has 0 spiro atoms. The molecule has 2 saturated heterocycles. The fourth-order valence-electron chi connectivity index (χ4n) is 2.78. The Balaban J connectivity index is 1.89. The summed E-state index contributed by atoms with van der Waals surface area (Å²) >= 11 is 0. The predicted octanol–water partition coefficient (Wildman–Crippen LogP) is 1.49. The molecule has 2 aliphatic rings. The first-order valence-electron chi connectivity index (χ1n) is 6.68. The molecule has 2 unspecified atom stereocenters. The molecule has 0 aromatic rings. The van der Waals surface area contributed by atoms with Gasteiger partial charge in [-0.05, 0) is 37.6 Å². The van der Waals surface area contributed by atoms with Crippen molar-refractivity contribution in [2.75, 3.05) is 26.2 Å². The molecule has 1 amide bonds. The standard InChI is InChI=1S/C13H24N2O/c1-10-5-7-15(9-11(10)2)13(16)12-4-3-6-14-8-12/h10-12,14H,3-9H2,1-2H3/t10?,11?,12-/m1/s1. The number of likely N-dealkylation sites (tertiary alicyclic amines) is 1. The lowest BCUT2D eigenvalue weighted by molar-refractivity contribution is -0.138. The minimum atomic E-state index is 0.245. The van der Waals surface area contributed by atoms with Gasteiger partial charge in [-0.2, -0.15) is 0 Å². The Morgan fingerprint density at radius 3 is 2.69 bits per heavy atom. The number of carbonyl (C=O) groups excluding carboxylic acids is 1. The highest BCUT2D eigenvalue weighted by atomic mass is 16.2. The van der Waals surface area contributed by atoms with Crippen LogP contribution in [0.2, 0.25) is 0 Å². The van der Waals surface area contributed by atoms with Crippen molar-refractivity contribution in [3.8, 4) is 0 Å². The molecule has 3 atom stereocenters. The molecular formula is C13H24N2O. The van der Waals surface area contributed by atoms with Crippen molar-refractivity contribution in [1.29, 1.82) is 0 Å². The molecule has 0 aromatic carbocycles. The van der Waals surface area contributed by atoms with Crippen LogP contribution >= 0.6 is 0 Å². The number of hydrogen-bond acceptors (Lipinski definition) is 2. The molecule has 0 saturated carbocycles. The number of amides is 1. The SMILES string of the molecule is CC1CCN(C(=O)[C@@H]2CCCNC2)CC1C. The average molecular weight is 224 g/mol. The number of nitrogens with one attached hydrogen (secondary N) is 1. The van der Waals surface area contributed by atoms with Gasteiger partial charge < -0.3 is 10.2 Å². The fourth-order valence-corrected chi connectivity index (χ4v) is 2.78. The third-order valence-electron chi connectivity index (χ3n) is 4.29. The van der Waals surface area contributed by atoms with Gasteiger partial charge in [-0.25, -0.2) is 0 Å². The molecule has 3 heteroatoms. The van der Waals surface area contributed by atoms with Crippen molar-refractivity contribution in [2.24, 2.45) is 17.8 Å². The number of piperidine rings is 2. The zero-order valence-corrected chi connectivity index (χ0v) is 10.5. The van der Waals surface area contributed by atoms with E-state index in [1.165, 1.54) is 6.42 Å². The summed E-state index contributed by atoms with van der Waals surface area (Å²) in [6, 6.07) is 0. The Hall–Kier alpha value is -0.570. The van der Waals surface area contributed by atoms with Crippen molar-refractivity contribution in [3.63, 3.8) is 0 Å². The van der Waals surface area contributed by atoms with E-state index < -0.39 is 0 Å². The molecule has 2 heterocycles. The van der Waals surface area contributed by atoms with E-state index in [9.17, 15) is 4.79 Å². The predicted molar refractivity (Wildman–Crippen MR) is 65.1 cm³/mol. The van der Waals surface area contributed by atoms with Crippen molar-refractivity contribution >= 4 is 5.91 Å². The van der Waals surface area contributed by atoms with E-state index in [1.54, 1.807) is 0 Å². The minimum absolute atomic E-state index is 0.245. The van der Waals surface area contributed by atoms with Gasteiger partial charge in [0.05, 0.1) is 5.92 Å². The maximum absolute atomic E-state index is 12.3. The van der Waals surface area contributed by atoms with E-state index in [1.807, 2.05) is 0 Å². The summed E-state index contributed by atoms with van der Waals surface area (Å²) < 4.78 is 0. The first-order valence-corrected chi connectivity index (χ1v) is 6.68. The van der Waals surface area contributed by atoms with E-state index in [2.05, 4.69) is 24.1 Å². The molecular weight excluding hydrogens is 200 g/mol. The van der Waals surface area contributed by atoms with E-state index in [0.717, 1.165) is 44.9 Å². The molecule has 92 valence electrons. The summed E-state index contributed by atoms with van der Waals surface area (Å²) in [5, 5.41) is 3.33. The van der Waals surface area contributed by atoms with Crippen molar-refractivity contribution in [2.45, 2.75) is 33.1 Å². The second kappa shape index (κ2) is 5.17. The van der Waals surface area contributed by atoms with Crippen LogP contribution in [-0.2, 0) is 4.79 Å². The molecule has 2 aliphatic heterocycles. The van der Waals surface area contributed by atoms with Crippen LogP contribution < -0.4 is 5.32 Å². The molecule has 0 aromatic heterocycles. The molecule has 0 radical (unpaired) electrons. The number of rotatable bonds is 1. The van der Waals surface area contributed by atoms with Crippen LogP contribution in [0, 0.1) is 17.8 Å². The zero-order chi connectivity index (χ0) is 11.5. The summed E-state index contributed by atoms with van der Waals surface area (Å²) in [6.45, 7) is 8.48. The summed E-state index contributed by atoms with van der Waals surface area (Å²) in [6.07, 6.45) is 3.40.